The van der Waals surface area contributed by atoms with Crippen LogP contribution in [0.25, 0.3) is 6.08 Å². The minimum Gasteiger partial charge on any atom is -0.490 e. The Morgan fingerprint density at radius 2 is 1.77 bits per heavy atom. The van der Waals surface area contributed by atoms with Crippen molar-refractivity contribution in [3.63, 3.8) is 0 Å². The number of amides is 1. The molecule has 1 N–H and O–H groups in total. The Kier molecular flexibility index (Phi) is 8.88. The van der Waals surface area contributed by atoms with Crippen molar-refractivity contribution >= 4 is 35.2 Å². The van der Waals surface area contributed by atoms with Gasteiger partial charge in [-0.05, 0) is 60.5 Å². The summed E-state index contributed by atoms with van der Waals surface area (Å²) in [4.78, 5) is 24.7. The number of carbonyl (C=O) groups excluding carboxylic acids is 2. The molecule has 3 aromatic carbocycles. The van der Waals surface area contributed by atoms with Crippen LogP contribution in [-0.2, 0) is 16.1 Å². The van der Waals surface area contributed by atoms with Gasteiger partial charge in [0.1, 0.15) is 18.2 Å². The molecule has 0 saturated heterocycles. The molecule has 0 radical (unpaired) electrons. The van der Waals surface area contributed by atoms with Gasteiger partial charge in [0.15, 0.2) is 11.5 Å². The molecule has 8 heteroatoms. The fourth-order valence-electron chi connectivity index (χ4n) is 3.13. The van der Waals surface area contributed by atoms with Crippen molar-refractivity contribution in [2.75, 3.05) is 19.0 Å². The van der Waals surface area contributed by atoms with Gasteiger partial charge in [-0.25, -0.2) is 4.79 Å². The van der Waals surface area contributed by atoms with Crippen molar-refractivity contribution < 1.29 is 23.8 Å². The van der Waals surface area contributed by atoms with E-state index in [-0.39, 0.29) is 16.8 Å². The molecule has 0 fully saturated rings. The molecule has 0 saturated carbocycles. The van der Waals surface area contributed by atoms with Crippen molar-refractivity contribution in [3.8, 4) is 17.6 Å². The van der Waals surface area contributed by atoms with Crippen LogP contribution in [0.15, 0.2) is 72.3 Å². The maximum absolute atomic E-state index is 12.8. The third-order valence-corrected chi connectivity index (χ3v) is 5.08. The van der Waals surface area contributed by atoms with Gasteiger partial charge in [-0.15, -0.1) is 0 Å². The van der Waals surface area contributed by atoms with E-state index in [1.54, 1.807) is 48.5 Å². The zero-order valence-electron chi connectivity index (χ0n) is 19.2. The number of halogens is 1. The number of methoxy groups -OCH3 is 1. The second-order valence-electron chi connectivity index (χ2n) is 7.22. The Balaban J connectivity index is 1.80. The summed E-state index contributed by atoms with van der Waals surface area (Å²) in [5.41, 5.74) is 1.78. The first kappa shape index (κ1) is 25.3. The number of benzene rings is 3. The lowest BCUT2D eigenvalue weighted by atomic mass is 10.1. The van der Waals surface area contributed by atoms with E-state index in [1.165, 1.54) is 19.3 Å². The molecule has 0 heterocycles. The number of ether oxygens (including phenoxy) is 3. The molecule has 35 heavy (non-hydrogen) atoms. The zero-order valence-corrected chi connectivity index (χ0v) is 20.0. The predicted molar refractivity (Wildman–Crippen MR) is 133 cm³/mol. The van der Waals surface area contributed by atoms with Gasteiger partial charge in [-0.1, -0.05) is 41.9 Å². The molecule has 0 spiro atoms. The summed E-state index contributed by atoms with van der Waals surface area (Å²) < 4.78 is 16.3. The molecule has 0 unspecified atom stereocenters. The second kappa shape index (κ2) is 12.3. The van der Waals surface area contributed by atoms with Gasteiger partial charge in [0.25, 0.3) is 5.91 Å². The third kappa shape index (κ3) is 6.85. The van der Waals surface area contributed by atoms with E-state index in [0.29, 0.717) is 35.3 Å². The number of carbonyl (C=O) groups is 2. The third-order valence-electron chi connectivity index (χ3n) is 4.83. The summed E-state index contributed by atoms with van der Waals surface area (Å²) in [6.45, 7) is 2.57. The van der Waals surface area contributed by atoms with Crippen molar-refractivity contribution in [2.45, 2.75) is 13.5 Å². The van der Waals surface area contributed by atoms with Crippen LogP contribution in [0.4, 0.5) is 5.69 Å². The van der Waals surface area contributed by atoms with E-state index < -0.39 is 11.9 Å². The Labute approximate surface area is 208 Å². The van der Waals surface area contributed by atoms with Gasteiger partial charge < -0.3 is 19.5 Å². The molecule has 1 amide bonds. The molecule has 0 bridgehead atoms. The first-order valence-corrected chi connectivity index (χ1v) is 11.1. The fourth-order valence-corrected chi connectivity index (χ4v) is 3.25. The van der Waals surface area contributed by atoms with Gasteiger partial charge in [-0.3, -0.25) is 4.79 Å². The number of hydrogen-bond acceptors (Lipinski definition) is 6. The SMILES string of the molecule is CCOc1cc(/C=C(/C#N)C(=O)Nc2ccccc2C(=O)OC)ccc1OCc1ccc(Cl)cc1. The first-order chi connectivity index (χ1) is 16.9. The van der Waals surface area contributed by atoms with Crippen LogP contribution in [0.5, 0.6) is 11.5 Å². The Hall–Kier alpha value is -4.28. The summed E-state index contributed by atoms with van der Waals surface area (Å²) in [6, 6.07) is 20.7. The Morgan fingerprint density at radius 1 is 1.03 bits per heavy atom. The largest absolute Gasteiger partial charge is 0.490 e. The average Bonchev–Trinajstić information content (AvgIpc) is 2.87. The van der Waals surface area contributed by atoms with Crippen LogP contribution in [0, 0.1) is 11.3 Å². The molecule has 7 nitrogen and oxygen atoms in total. The van der Waals surface area contributed by atoms with Crippen molar-refractivity contribution in [1.29, 1.82) is 5.26 Å². The Bertz CT molecular complexity index is 1280. The molecule has 0 aliphatic heterocycles. The van der Waals surface area contributed by atoms with Crippen molar-refractivity contribution in [3.05, 3.63) is 94.0 Å². The lowest BCUT2D eigenvalue weighted by molar-refractivity contribution is -0.112. The summed E-state index contributed by atoms with van der Waals surface area (Å²) in [5.74, 6) is -0.262. The van der Waals surface area contributed by atoms with Gasteiger partial charge in [0, 0.05) is 5.02 Å². The standard InChI is InChI=1S/C27H23ClN2O5/c1-3-34-25-15-19(10-13-24(25)35-17-18-8-11-21(28)12-9-18)14-20(16-29)26(31)30-23-7-5-4-6-22(23)27(32)33-2/h4-15H,3,17H2,1-2H3,(H,30,31)/b20-14-. The lowest BCUT2D eigenvalue weighted by Crippen LogP contribution is -2.16. The number of nitriles is 1. The monoisotopic (exact) mass is 490 g/mol. The predicted octanol–water partition coefficient (Wildman–Crippen LogP) is 5.65. The van der Waals surface area contributed by atoms with E-state index in [0.717, 1.165) is 5.56 Å². The van der Waals surface area contributed by atoms with E-state index >= 15 is 0 Å². The minimum absolute atomic E-state index is 0.151. The van der Waals surface area contributed by atoms with E-state index in [4.69, 9.17) is 25.8 Å². The molecular formula is C27H23ClN2O5. The minimum atomic E-state index is -0.662. The van der Waals surface area contributed by atoms with Crippen LogP contribution >= 0.6 is 11.6 Å². The maximum Gasteiger partial charge on any atom is 0.339 e. The number of hydrogen-bond donors (Lipinski definition) is 1. The lowest BCUT2D eigenvalue weighted by Gasteiger charge is -2.13. The number of esters is 1. The van der Waals surface area contributed by atoms with E-state index in [9.17, 15) is 14.9 Å². The van der Waals surface area contributed by atoms with Crippen LogP contribution in [0.3, 0.4) is 0 Å². The molecule has 0 aliphatic rings. The topological polar surface area (TPSA) is 97.7 Å². The fraction of sp³-hybridized carbons (Fsp3) is 0.148. The van der Waals surface area contributed by atoms with Crippen LogP contribution in [-0.4, -0.2) is 25.6 Å². The summed E-state index contributed by atoms with van der Waals surface area (Å²) in [5, 5.41) is 12.8. The smallest absolute Gasteiger partial charge is 0.339 e. The molecule has 0 aliphatic carbocycles. The highest BCUT2D eigenvalue weighted by atomic mass is 35.5. The highest BCUT2D eigenvalue weighted by Crippen LogP contribution is 2.30. The Morgan fingerprint density at radius 3 is 2.46 bits per heavy atom. The molecule has 0 aromatic heterocycles. The van der Waals surface area contributed by atoms with Crippen LogP contribution < -0.4 is 14.8 Å². The number of para-hydroxylation sites is 1. The van der Waals surface area contributed by atoms with Gasteiger partial charge in [0.2, 0.25) is 0 Å². The number of nitrogens with zero attached hydrogens (tertiary/aromatic N) is 1. The van der Waals surface area contributed by atoms with Crippen molar-refractivity contribution in [1.82, 2.24) is 0 Å². The first-order valence-electron chi connectivity index (χ1n) is 10.7. The zero-order chi connectivity index (χ0) is 25.2. The highest BCUT2D eigenvalue weighted by Gasteiger charge is 2.16. The van der Waals surface area contributed by atoms with E-state index in [1.807, 2.05) is 25.1 Å². The average molecular weight is 491 g/mol. The van der Waals surface area contributed by atoms with E-state index in [2.05, 4.69) is 5.32 Å². The summed E-state index contributed by atoms with van der Waals surface area (Å²) in [7, 11) is 1.25. The number of rotatable bonds is 9. The quantitative estimate of drug-likeness (QED) is 0.236. The van der Waals surface area contributed by atoms with Gasteiger partial charge in [-0.2, -0.15) is 5.26 Å². The van der Waals surface area contributed by atoms with Crippen LogP contribution in [0.1, 0.15) is 28.4 Å². The normalized spacial score (nSPS) is 10.7. The number of anilines is 1. The van der Waals surface area contributed by atoms with Gasteiger partial charge in [0.05, 0.1) is 25.0 Å². The van der Waals surface area contributed by atoms with Crippen LogP contribution in [0.2, 0.25) is 5.02 Å². The second-order valence-corrected chi connectivity index (χ2v) is 7.65. The molecule has 178 valence electrons. The number of nitrogens with one attached hydrogen (secondary N) is 1. The summed E-state index contributed by atoms with van der Waals surface area (Å²) >= 11 is 5.92. The van der Waals surface area contributed by atoms with Crippen molar-refractivity contribution in [2.24, 2.45) is 0 Å². The molecule has 0 atom stereocenters. The van der Waals surface area contributed by atoms with Gasteiger partial charge >= 0.3 is 5.97 Å². The maximum atomic E-state index is 12.8. The molecular weight excluding hydrogens is 468 g/mol. The molecule has 3 rings (SSSR count). The molecule has 3 aromatic rings. The summed E-state index contributed by atoms with van der Waals surface area (Å²) in [6.07, 6.45) is 1.43. The highest BCUT2D eigenvalue weighted by molar-refractivity contribution is 6.30.